The number of benzene rings is 6. The zero-order chi connectivity index (χ0) is 29.2. The van der Waals surface area contributed by atoms with Crippen LogP contribution in [-0.4, -0.2) is 17.9 Å². The predicted octanol–water partition coefficient (Wildman–Crippen LogP) is 10.8. The minimum Gasteiger partial charge on any atom is -0.294 e. The van der Waals surface area contributed by atoms with Crippen molar-refractivity contribution in [1.29, 1.82) is 0 Å². The highest BCUT2D eigenvalue weighted by Crippen LogP contribution is 2.42. The van der Waals surface area contributed by atoms with Gasteiger partial charge in [-0.05, 0) is 72.8 Å². The van der Waals surface area contributed by atoms with E-state index >= 15 is 0 Å². The van der Waals surface area contributed by atoms with Gasteiger partial charge in [-0.3, -0.25) is 17.9 Å². The Morgan fingerprint density at radius 2 is 0.956 bits per heavy atom. The summed E-state index contributed by atoms with van der Waals surface area (Å²) in [4.78, 5) is 0. The lowest BCUT2D eigenvalue weighted by Crippen LogP contribution is -1.94. The van der Waals surface area contributed by atoms with E-state index in [1.54, 1.807) is 0 Å². The number of thiophene rings is 1. The van der Waals surface area contributed by atoms with Gasteiger partial charge in [-0.2, -0.15) is 0 Å². The van der Waals surface area contributed by atoms with Crippen LogP contribution in [0.4, 0.5) is 0 Å². The summed E-state index contributed by atoms with van der Waals surface area (Å²) in [5, 5.41) is 5.08. The fourth-order valence-electron chi connectivity index (χ4n) is 7.66. The van der Waals surface area contributed by atoms with E-state index in [-0.39, 0.29) is 0 Å². The molecule has 0 saturated carbocycles. The van der Waals surface area contributed by atoms with E-state index in [9.17, 15) is 0 Å². The van der Waals surface area contributed by atoms with Crippen LogP contribution in [0.25, 0.3) is 86.7 Å². The molecule has 0 atom stereocenters. The highest BCUT2D eigenvalue weighted by atomic mass is 32.1. The van der Waals surface area contributed by atoms with Crippen LogP contribution in [-0.2, 0) is 0 Å². The highest BCUT2D eigenvalue weighted by molar-refractivity contribution is 7.26. The molecule has 0 fully saturated rings. The molecule has 5 aromatic heterocycles. The number of aromatic nitrogens is 4. The Kier molecular flexibility index (Phi) is 4.43. The van der Waals surface area contributed by atoms with Crippen LogP contribution >= 0.6 is 11.3 Å². The van der Waals surface area contributed by atoms with Crippen molar-refractivity contribution in [3.63, 3.8) is 0 Å². The molecule has 6 aromatic carbocycles. The Labute approximate surface area is 260 Å². The maximum Gasteiger partial charge on any atom is 0.123 e. The topological polar surface area (TPSA) is 18.7 Å². The number of fused-ring (bicyclic) bond motifs is 13. The van der Waals surface area contributed by atoms with Crippen molar-refractivity contribution in [2.24, 2.45) is 0 Å². The second-order valence-corrected chi connectivity index (χ2v) is 12.9. The van der Waals surface area contributed by atoms with Crippen LogP contribution < -0.4 is 0 Å². The Balaban J connectivity index is 1.20. The number of para-hydroxylation sites is 6. The molecule has 5 heterocycles. The lowest BCUT2D eigenvalue weighted by molar-refractivity contribution is 1.15. The molecule has 11 rings (SSSR count). The van der Waals surface area contributed by atoms with Crippen LogP contribution in [0.5, 0.6) is 0 Å². The van der Waals surface area contributed by atoms with Gasteiger partial charge >= 0.3 is 0 Å². The summed E-state index contributed by atoms with van der Waals surface area (Å²) in [7, 11) is 0. The first-order chi connectivity index (χ1) is 22.3. The monoisotopic (exact) mass is 592 g/mol. The normalized spacial score (nSPS) is 12.4. The molecule has 11 aromatic rings. The lowest BCUT2D eigenvalue weighted by Gasteiger charge is -2.08. The second-order valence-electron chi connectivity index (χ2n) is 11.9. The molecule has 210 valence electrons. The van der Waals surface area contributed by atoms with E-state index < -0.39 is 0 Å². The number of rotatable bonds is 2. The van der Waals surface area contributed by atoms with Gasteiger partial charge in [0.25, 0.3) is 0 Å². The van der Waals surface area contributed by atoms with Crippen LogP contribution in [0.15, 0.2) is 146 Å². The lowest BCUT2D eigenvalue weighted by atomic mass is 10.1. The number of nitrogens with zero attached hydrogens (tertiary/aromatic N) is 4. The smallest absolute Gasteiger partial charge is 0.123 e. The number of hydrogen-bond donors (Lipinski definition) is 0. The summed E-state index contributed by atoms with van der Waals surface area (Å²) >= 11 is 1.88. The summed E-state index contributed by atoms with van der Waals surface area (Å²) < 4.78 is 12.2. The molecule has 0 bridgehead atoms. The standard InChI is InChI=1S/C40H24N4S/c1-3-13-30-25(10-1)22-38-41(32-15-5-6-16-33(32)42(30)38)27-20-21-37-29(24-27)28-12-9-19-36(40(28)45-37)44-35-18-8-7-17-34(35)43-31-14-4-2-11-26(31)23-39(43)44/h1-24H. The first-order valence-corrected chi connectivity index (χ1v) is 16.1. The van der Waals surface area contributed by atoms with Crippen molar-refractivity contribution in [3.8, 4) is 11.4 Å². The van der Waals surface area contributed by atoms with Crippen molar-refractivity contribution in [2.75, 3.05) is 0 Å². The maximum absolute atomic E-state index is 2.45. The number of hydrogen-bond acceptors (Lipinski definition) is 1. The molecule has 0 amide bonds. The van der Waals surface area contributed by atoms with Crippen LogP contribution in [0.2, 0.25) is 0 Å². The summed E-state index contributed by atoms with van der Waals surface area (Å²) in [5.41, 5.74) is 12.1. The molecule has 0 aliphatic rings. The van der Waals surface area contributed by atoms with E-state index in [1.165, 1.54) is 86.7 Å². The zero-order valence-electron chi connectivity index (χ0n) is 24.1. The van der Waals surface area contributed by atoms with E-state index in [0.29, 0.717) is 0 Å². The SMILES string of the molecule is c1ccc2c(c1)cc1n(-c3ccc4sc5c(-n6c7ccccc7n7c8ccccc8cc67)cccc5c4c3)c3ccccc3n21. The highest BCUT2D eigenvalue weighted by Gasteiger charge is 2.20. The maximum atomic E-state index is 2.45. The minimum atomic E-state index is 1.17. The van der Waals surface area contributed by atoms with Crippen molar-refractivity contribution >= 4 is 86.7 Å². The zero-order valence-corrected chi connectivity index (χ0v) is 24.9. The largest absolute Gasteiger partial charge is 0.294 e. The summed E-state index contributed by atoms with van der Waals surface area (Å²) in [6, 6.07) is 53.2. The second kappa shape index (κ2) is 8.44. The Bertz CT molecular complexity index is 3000. The van der Waals surface area contributed by atoms with Gasteiger partial charge in [0, 0.05) is 31.9 Å². The van der Waals surface area contributed by atoms with Crippen LogP contribution in [0.3, 0.4) is 0 Å². The first-order valence-electron chi connectivity index (χ1n) is 15.3. The molecule has 0 N–H and O–H groups in total. The van der Waals surface area contributed by atoms with E-state index in [2.05, 4.69) is 164 Å². The van der Waals surface area contributed by atoms with Gasteiger partial charge in [-0.25, -0.2) is 0 Å². The number of imidazole rings is 2. The average molecular weight is 593 g/mol. The van der Waals surface area contributed by atoms with E-state index in [0.717, 1.165) is 0 Å². The third-order valence-corrected chi connectivity index (χ3v) is 10.7. The first kappa shape index (κ1) is 23.6. The van der Waals surface area contributed by atoms with Gasteiger partial charge in [0.1, 0.15) is 11.3 Å². The quantitative estimate of drug-likeness (QED) is 0.190. The van der Waals surface area contributed by atoms with Gasteiger partial charge < -0.3 is 0 Å². The van der Waals surface area contributed by atoms with Crippen molar-refractivity contribution < 1.29 is 0 Å². The minimum absolute atomic E-state index is 1.17. The third-order valence-electron chi connectivity index (χ3n) is 9.53. The van der Waals surface area contributed by atoms with Crippen LogP contribution in [0.1, 0.15) is 0 Å². The summed E-state index contributed by atoms with van der Waals surface area (Å²) in [5.74, 6) is 0. The molecule has 0 radical (unpaired) electrons. The molecule has 0 aliphatic carbocycles. The molecule has 0 saturated heterocycles. The van der Waals surface area contributed by atoms with Crippen molar-refractivity contribution in [3.05, 3.63) is 146 Å². The molecule has 0 aliphatic heterocycles. The third kappa shape index (κ3) is 3.00. The molecule has 0 spiro atoms. The van der Waals surface area contributed by atoms with Gasteiger partial charge in [-0.15, -0.1) is 11.3 Å². The Morgan fingerprint density at radius 3 is 1.62 bits per heavy atom. The van der Waals surface area contributed by atoms with Gasteiger partial charge in [0.15, 0.2) is 0 Å². The van der Waals surface area contributed by atoms with Crippen molar-refractivity contribution in [2.45, 2.75) is 0 Å². The van der Waals surface area contributed by atoms with Crippen molar-refractivity contribution in [1.82, 2.24) is 17.9 Å². The fourth-order valence-corrected chi connectivity index (χ4v) is 8.85. The van der Waals surface area contributed by atoms with E-state index in [4.69, 9.17) is 0 Å². The Morgan fingerprint density at radius 1 is 0.400 bits per heavy atom. The van der Waals surface area contributed by atoms with Gasteiger partial charge in [-0.1, -0.05) is 72.8 Å². The fraction of sp³-hybridized carbons (Fsp3) is 0. The molecular weight excluding hydrogens is 569 g/mol. The Hall–Kier alpha value is -5.78. The molecular formula is C40H24N4S. The van der Waals surface area contributed by atoms with Gasteiger partial charge in [0.2, 0.25) is 0 Å². The predicted molar refractivity (Wildman–Crippen MR) is 190 cm³/mol. The molecule has 5 heteroatoms. The van der Waals surface area contributed by atoms with Crippen LogP contribution in [0, 0.1) is 0 Å². The van der Waals surface area contributed by atoms with Gasteiger partial charge in [0.05, 0.1) is 43.5 Å². The van der Waals surface area contributed by atoms with E-state index in [1.807, 2.05) is 11.3 Å². The summed E-state index contributed by atoms with van der Waals surface area (Å²) in [6.45, 7) is 0. The molecule has 4 nitrogen and oxygen atoms in total. The molecule has 0 unspecified atom stereocenters. The summed E-state index contributed by atoms with van der Waals surface area (Å²) in [6.07, 6.45) is 0. The average Bonchev–Trinajstić information content (AvgIpc) is 3.87. The molecule has 45 heavy (non-hydrogen) atoms.